The zero-order chi connectivity index (χ0) is 24.0. The molecule has 35 heavy (non-hydrogen) atoms. The zero-order valence-electron chi connectivity index (χ0n) is 20.6. The molecule has 0 spiro atoms. The van der Waals surface area contributed by atoms with Crippen molar-refractivity contribution in [3.8, 4) is 11.4 Å². The van der Waals surface area contributed by atoms with E-state index in [1.807, 2.05) is 12.3 Å². The number of aromatic nitrogens is 2. The topological polar surface area (TPSA) is 61.4 Å². The molecule has 2 fully saturated rings. The van der Waals surface area contributed by atoms with Crippen LogP contribution in [-0.2, 0) is 11.3 Å². The Morgan fingerprint density at radius 3 is 2.34 bits per heavy atom. The summed E-state index contributed by atoms with van der Waals surface area (Å²) in [5.41, 5.74) is 3.61. The van der Waals surface area contributed by atoms with Gasteiger partial charge in [0.2, 0.25) is 5.91 Å². The number of carbonyl (C=O) groups excluding carboxylic acids is 1. The Morgan fingerprint density at radius 2 is 1.63 bits per heavy atom. The smallest absolute Gasteiger partial charge is 0.223 e. The highest BCUT2D eigenvalue weighted by atomic mass is 16.2. The maximum atomic E-state index is 13.0. The van der Waals surface area contributed by atoms with E-state index in [2.05, 4.69) is 81.6 Å². The fraction of sp³-hybridized carbons (Fsp3) is 0.414. The Morgan fingerprint density at radius 1 is 0.914 bits per heavy atom. The van der Waals surface area contributed by atoms with Crippen LogP contribution in [0.15, 0.2) is 66.9 Å². The second kappa shape index (κ2) is 11.0. The third-order valence-electron chi connectivity index (χ3n) is 7.32. The predicted molar refractivity (Wildman–Crippen MR) is 140 cm³/mol. The molecule has 0 bridgehead atoms. The van der Waals surface area contributed by atoms with Gasteiger partial charge in [0.15, 0.2) is 5.82 Å². The summed E-state index contributed by atoms with van der Waals surface area (Å²) >= 11 is 0. The first kappa shape index (κ1) is 23.5. The first-order chi connectivity index (χ1) is 17.1. The lowest BCUT2D eigenvalue weighted by Crippen LogP contribution is -2.48. The van der Waals surface area contributed by atoms with Gasteiger partial charge in [-0.1, -0.05) is 60.2 Å². The van der Waals surface area contributed by atoms with Gasteiger partial charge >= 0.3 is 0 Å². The van der Waals surface area contributed by atoms with Gasteiger partial charge in [-0.05, 0) is 44.2 Å². The number of amides is 1. The van der Waals surface area contributed by atoms with Gasteiger partial charge in [0.25, 0.3) is 0 Å². The van der Waals surface area contributed by atoms with Gasteiger partial charge in [0, 0.05) is 56.4 Å². The van der Waals surface area contributed by atoms with E-state index in [0.717, 1.165) is 75.6 Å². The fourth-order valence-corrected chi connectivity index (χ4v) is 5.13. The van der Waals surface area contributed by atoms with Crippen molar-refractivity contribution >= 4 is 11.7 Å². The largest absolute Gasteiger partial charge is 0.356 e. The quantitative estimate of drug-likeness (QED) is 0.578. The minimum atomic E-state index is 0.0898. The number of aryl methyl sites for hydroxylation is 1. The number of hydrogen-bond donors (Lipinski definition) is 1. The van der Waals surface area contributed by atoms with Gasteiger partial charge < -0.3 is 10.2 Å². The van der Waals surface area contributed by atoms with Crippen LogP contribution >= 0.6 is 0 Å². The lowest BCUT2D eigenvalue weighted by molar-refractivity contribution is -0.126. The number of rotatable bonds is 6. The average Bonchev–Trinajstić information content (AvgIpc) is 2.91. The molecule has 1 amide bonds. The molecule has 6 heteroatoms. The SMILES string of the molecule is Cc1ccc(-c2nccc(N3CCC(C(=O)NC4CCN(Cc5ccccc5)CC4)CC3)n2)cc1. The van der Waals surface area contributed by atoms with Crippen molar-refractivity contribution in [1.82, 2.24) is 20.2 Å². The monoisotopic (exact) mass is 469 g/mol. The van der Waals surface area contributed by atoms with Crippen molar-refractivity contribution in [2.45, 2.75) is 45.2 Å². The van der Waals surface area contributed by atoms with Crippen LogP contribution in [0, 0.1) is 12.8 Å². The normalized spacial score (nSPS) is 17.9. The minimum Gasteiger partial charge on any atom is -0.356 e. The Balaban J connectivity index is 1.08. The van der Waals surface area contributed by atoms with Gasteiger partial charge in [-0.25, -0.2) is 9.97 Å². The van der Waals surface area contributed by atoms with E-state index in [0.29, 0.717) is 6.04 Å². The summed E-state index contributed by atoms with van der Waals surface area (Å²) in [5.74, 6) is 2.02. The lowest BCUT2D eigenvalue weighted by Gasteiger charge is -2.35. The number of nitrogens with zero attached hydrogens (tertiary/aromatic N) is 4. The Bertz CT molecular complexity index is 1100. The molecule has 2 aliphatic heterocycles. The average molecular weight is 470 g/mol. The number of hydrogen-bond acceptors (Lipinski definition) is 5. The molecule has 182 valence electrons. The summed E-state index contributed by atoms with van der Waals surface area (Å²) in [5, 5.41) is 3.35. The molecule has 3 heterocycles. The Hall–Kier alpha value is -3.25. The second-order valence-electron chi connectivity index (χ2n) is 9.91. The standard InChI is InChI=1S/C29H35N5O/c1-22-7-9-24(10-8-22)28-30-16-11-27(32-28)34-19-12-25(13-20-34)29(35)31-26-14-17-33(18-15-26)21-23-5-3-2-4-6-23/h2-11,16,25-26H,12-15,17-21H2,1H3,(H,31,35). The molecule has 0 aliphatic carbocycles. The van der Waals surface area contributed by atoms with Crippen LogP contribution in [0.4, 0.5) is 5.82 Å². The van der Waals surface area contributed by atoms with Gasteiger partial charge in [0.1, 0.15) is 5.82 Å². The highest BCUT2D eigenvalue weighted by Crippen LogP contribution is 2.25. The molecule has 2 aliphatic rings. The highest BCUT2D eigenvalue weighted by molar-refractivity contribution is 5.79. The summed E-state index contributed by atoms with van der Waals surface area (Å²) in [6.45, 7) is 6.84. The molecule has 0 saturated carbocycles. The first-order valence-corrected chi connectivity index (χ1v) is 12.9. The molecule has 5 rings (SSSR count). The van der Waals surface area contributed by atoms with Crippen LogP contribution in [-0.4, -0.2) is 53.0 Å². The van der Waals surface area contributed by atoms with Crippen molar-refractivity contribution in [3.05, 3.63) is 78.0 Å². The maximum absolute atomic E-state index is 13.0. The van der Waals surface area contributed by atoms with Crippen LogP contribution in [0.2, 0.25) is 0 Å². The predicted octanol–water partition coefficient (Wildman–Crippen LogP) is 4.45. The van der Waals surface area contributed by atoms with E-state index in [9.17, 15) is 4.79 Å². The molecule has 3 aromatic rings. The number of likely N-dealkylation sites (tertiary alicyclic amines) is 1. The number of piperidine rings is 2. The van der Waals surface area contributed by atoms with E-state index in [1.54, 1.807) is 0 Å². The number of benzene rings is 2. The van der Waals surface area contributed by atoms with Crippen molar-refractivity contribution < 1.29 is 4.79 Å². The van der Waals surface area contributed by atoms with Crippen molar-refractivity contribution in [1.29, 1.82) is 0 Å². The molecule has 0 unspecified atom stereocenters. The van der Waals surface area contributed by atoms with E-state index in [4.69, 9.17) is 4.98 Å². The second-order valence-corrected chi connectivity index (χ2v) is 9.91. The summed E-state index contributed by atoms with van der Waals surface area (Å²) in [7, 11) is 0. The number of anilines is 1. The Labute approximate surface area is 208 Å². The summed E-state index contributed by atoms with van der Waals surface area (Å²) in [6, 6.07) is 21.2. The van der Waals surface area contributed by atoms with Crippen molar-refractivity contribution in [2.24, 2.45) is 5.92 Å². The lowest BCUT2D eigenvalue weighted by atomic mass is 9.94. The summed E-state index contributed by atoms with van der Waals surface area (Å²) in [4.78, 5) is 27.0. The molecular weight excluding hydrogens is 434 g/mol. The molecular formula is C29H35N5O. The van der Waals surface area contributed by atoms with E-state index < -0.39 is 0 Å². The van der Waals surface area contributed by atoms with Crippen LogP contribution in [0.5, 0.6) is 0 Å². The van der Waals surface area contributed by atoms with Crippen LogP contribution in [0.1, 0.15) is 36.8 Å². The molecule has 2 aromatic carbocycles. The molecule has 1 N–H and O–H groups in total. The first-order valence-electron chi connectivity index (χ1n) is 12.9. The van der Waals surface area contributed by atoms with E-state index in [1.165, 1.54) is 11.1 Å². The summed E-state index contributed by atoms with van der Waals surface area (Å²) in [6.07, 6.45) is 5.62. The fourth-order valence-electron chi connectivity index (χ4n) is 5.13. The number of nitrogens with one attached hydrogen (secondary N) is 1. The molecule has 1 aromatic heterocycles. The van der Waals surface area contributed by atoms with Crippen molar-refractivity contribution in [2.75, 3.05) is 31.1 Å². The Kier molecular flexibility index (Phi) is 7.38. The molecule has 0 radical (unpaired) electrons. The summed E-state index contributed by atoms with van der Waals surface area (Å²) < 4.78 is 0. The number of carbonyl (C=O) groups is 1. The van der Waals surface area contributed by atoms with Crippen molar-refractivity contribution in [3.63, 3.8) is 0 Å². The van der Waals surface area contributed by atoms with Gasteiger partial charge in [-0.3, -0.25) is 9.69 Å². The van der Waals surface area contributed by atoms with Gasteiger partial charge in [-0.2, -0.15) is 0 Å². The molecule has 0 atom stereocenters. The van der Waals surface area contributed by atoms with E-state index >= 15 is 0 Å². The van der Waals surface area contributed by atoms with Gasteiger partial charge in [0.05, 0.1) is 0 Å². The molecule has 2 saturated heterocycles. The van der Waals surface area contributed by atoms with Gasteiger partial charge in [-0.15, -0.1) is 0 Å². The third-order valence-corrected chi connectivity index (χ3v) is 7.32. The zero-order valence-corrected chi connectivity index (χ0v) is 20.6. The third kappa shape index (κ3) is 6.06. The van der Waals surface area contributed by atoms with Crippen LogP contribution in [0.3, 0.4) is 0 Å². The van der Waals surface area contributed by atoms with E-state index in [-0.39, 0.29) is 11.8 Å². The molecule has 6 nitrogen and oxygen atoms in total. The maximum Gasteiger partial charge on any atom is 0.223 e. The van der Waals surface area contributed by atoms with Crippen LogP contribution in [0.25, 0.3) is 11.4 Å². The van der Waals surface area contributed by atoms with Crippen LogP contribution < -0.4 is 10.2 Å². The highest BCUT2D eigenvalue weighted by Gasteiger charge is 2.28. The minimum absolute atomic E-state index is 0.0898.